The fourth-order valence-electron chi connectivity index (χ4n) is 1.62. The second-order valence-electron chi connectivity index (χ2n) is 3.66. The molecule has 4 nitrogen and oxygen atoms in total. The van der Waals surface area contributed by atoms with Crippen molar-refractivity contribution < 1.29 is 9.90 Å². The van der Waals surface area contributed by atoms with Gasteiger partial charge in [0.25, 0.3) is 0 Å². The third kappa shape index (κ3) is 2.02. The van der Waals surface area contributed by atoms with Gasteiger partial charge in [0.1, 0.15) is 5.15 Å². The van der Waals surface area contributed by atoms with E-state index in [1.54, 1.807) is 11.7 Å². The summed E-state index contributed by atoms with van der Waals surface area (Å²) >= 11 is 6.03. The monoisotopic (exact) mass is 238 g/mol. The minimum Gasteiger partial charge on any atom is -0.481 e. The topological polar surface area (TPSA) is 55.1 Å². The van der Waals surface area contributed by atoms with Crippen molar-refractivity contribution in [1.29, 1.82) is 0 Å². The van der Waals surface area contributed by atoms with Crippen LogP contribution in [0.1, 0.15) is 12.0 Å². The second kappa shape index (κ2) is 4.14. The van der Waals surface area contributed by atoms with Crippen LogP contribution in [0.4, 0.5) is 0 Å². The number of benzene rings is 1. The largest absolute Gasteiger partial charge is 0.481 e. The molecule has 0 bridgehead atoms. The van der Waals surface area contributed by atoms with E-state index in [9.17, 15) is 4.79 Å². The van der Waals surface area contributed by atoms with Gasteiger partial charge < -0.3 is 5.11 Å². The Morgan fingerprint density at radius 1 is 1.56 bits per heavy atom. The van der Waals surface area contributed by atoms with Crippen molar-refractivity contribution in [3.05, 3.63) is 28.9 Å². The average Bonchev–Trinajstić information content (AvgIpc) is 2.52. The Kier molecular flexibility index (Phi) is 2.83. The number of halogens is 1. The number of hydrogen-bond acceptors (Lipinski definition) is 2. The van der Waals surface area contributed by atoms with Crippen LogP contribution >= 0.6 is 11.6 Å². The molecule has 0 spiro atoms. The van der Waals surface area contributed by atoms with Crippen LogP contribution in [0.5, 0.6) is 0 Å². The van der Waals surface area contributed by atoms with Crippen molar-refractivity contribution in [1.82, 2.24) is 9.78 Å². The summed E-state index contributed by atoms with van der Waals surface area (Å²) in [5.74, 6) is -0.792. The van der Waals surface area contributed by atoms with E-state index < -0.39 is 5.97 Å². The van der Waals surface area contributed by atoms with Crippen molar-refractivity contribution in [3.8, 4) is 0 Å². The molecular formula is C11H11ClN2O2. The van der Waals surface area contributed by atoms with Crippen LogP contribution in [0.15, 0.2) is 18.2 Å². The molecule has 0 aliphatic carbocycles. The number of aliphatic carboxylic acids is 1. The fourth-order valence-corrected chi connectivity index (χ4v) is 1.82. The summed E-state index contributed by atoms with van der Waals surface area (Å²) in [6.07, 6.45) is 0.644. The first kappa shape index (κ1) is 11.0. The van der Waals surface area contributed by atoms with Gasteiger partial charge >= 0.3 is 5.97 Å². The molecule has 0 saturated heterocycles. The van der Waals surface area contributed by atoms with Crippen molar-refractivity contribution in [2.75, 3.05) is 0 Å². The first-order valence-corrected chi connectivity index (χ1v) is 5.28. The van der Waals surface area contributed by atoms with E-state index >= 15 is 0 Å². The minimum absolute atomic E-state index is 0.131. The maximum absolute atomic E-state index is 10.5. The van der Waals surface area contributed by atoms with E-state index in [2.05, 4.69) is 5.10 Å². The zero-order valence-electron chi connectivity index (χ0n) is 8.77. The molecule has 0 aliphatic heterocycles. The quantitative estimate of drug-likeness (QED) is 0.892. The summed E-state index contributed by atoms with van der Waals surface area (Å²) in [7, 11) is 1.78. The maximum Gasteiger partial charge on any atom is 0.303 e. The van der Waals surface area contributed by atoms with Crippen LogP contribution in [0.2, 0.25) is 5.15 Å². The van der Waals surface area contributed by atoms with Gasteiger partial charge in [-0.25, -0.2) is 0 Å². The number of rotatable bonds is 3. The summed E-state index contributed by atoms with van der Waals surface area (Å²) in [5, 5.41) is 14.3. The summed E-state index contributed by atoms with van der Waals surface area (Å²) < 4.78 is 1.60. The van der Waals surface area contributed by atoms with Crippen molar-refractivity contribution >= 4 is 28.5 Å². The van der Waals surface area contributed by atoms with E-state index in [0.29, 0.717) is 11.6 Å². The van der Waals surface area contributed by atoms with E-state index in [1.807, 2.05) is 18.2 Å². The molecule has 1 aromatic carbocycles. The number of fused-ring (bicyclic) bond motifs is 1. The van der Waals surface area contributed by atoms with Crippen molar-refractivity contribution in [3.63, 3.8) is 0 Å². The lowest BCUT2D eigenvalue weighted by atomic mass is 10.1. The zero-order valence-corrected chi connectivity index (χ0v) is 9.53. The highest BCUT2D eigenvalue weighted by Gasteiger charge is 2.07. The molecule has 1 heterocycles. The van der Waals surface area contributed by atoms with Gasteiger partial charge in [-0.3, -0.25) is 9.48 Å². The van der Waals surface area contributed by atoms with Crippen LogP contribution in [0, 0.1) is 0 Å². The molecule has 0 aliphatic rings. The number of carbonyl (C=O) groups is 1. The lowest BCUT2D eigenvalue weighted by Gasteiger charge is -1.97. The molecular weight excluding hydrogens is 228 g/mol. The van der Waals surface area contributed by atoms with Gasteiger partial charge in [-0.15, -0.1) is 0 Å². The number of aryl methyl sites for hydroxylation is 2. The predicted octanol–water partition coefficient (Wildman–Crippen LogP) is 2.24. The van der Waals surface area contributed by atoms with Crippen LogP contribution < -0.4 is 0 Å². The molecule has 2 rings (SSSR count). The highest BCUT2D eigenvalue weighted by molar-refractivity contribution is 6.34. The highest BCUT2D eigenvalue weighted by atomic mass is 35.5. The Bertz CT molecular complexity index is 548. The Hall–Kier alpha value is -1.55. The first-order chi connectivity index (χ1) is 7.58. The Balaban J connectivity index is 2.33. The Labute approximate surface area is 97.4 Å². The second-order valence-corrected chi connectivity index (χ2v) is 4.02. The predicted molar refractivity (Wildman–Crippen MR) is 61.7 cm³/mol. The minimum atomic E-state index is -0.792. The van der Waals surface area contributed by atoms with Gasteiger partial charge in [0, 0.05) is 18.9 Å². The molecule has 0 saturated carbocycles. The molecule has 0 fully saturated rings. The standard InChI is InChI=1S/C11H11ClN2O2/c1-14-11(12)8-4-2-7(3-5-10(15)16)6-9(8)13-14/h2,4,6H,3,5H2,1H3,(H,15,16). The SMILES string of the molecule is Cn1nc2cc(CCC(=O)O)ccc2c1Cl. The smallest absolute Gasteiger partial charge is 0.303 e. The molecule has 1 N–H and O–H groups in total. The fraction of sp³-hybridized carbons (Fsp3) is 0.273. The van der Waals surface area contributed by atoms with E-state index in [4.69, 9.17) is 16.7 Å². The summed E-state index contributed by atoms with van der Waals surface area (Å²) in [6.45, 7) is 0. The molecule has 16 heavy (non-hydrogen) atoms. The third-order valence-electron chi connectivity index (χ3n) is 2.45. The van der Waals surface area contributed by atoms with E-state index in [-0.39, 0.29) is 6.42 Å². The van der Waals surface area contributed by atoms with Crippen LogP contribution in [-0.4, -0.2) is 20.9 Å². The zero-order chi connectivity index (χ0) is 11.7. The summed E-state index contributed by atoms with van der Waals surface area (Å²) in [6, 6.07) is 5.64. The molecule has 0 atom stereocenters. The molecule has 2 aromatic rings. The summed E-state index contributed by atoms with van der Waals surface area (Å²) in [4.78, 5) is 10.5. The van der Waals surface area contributed by atoms with Gasteiger partial charge in [0.15, 0.2) is 0 Å². The molecule has 0 unspecified atom stereocenters. The average molecular weight is 239 g/mol. The molecule has 1 aromatic heterocycles. The van der Waals surface area contributed by atoms with Gasteiger partial charge in [-0.05, 0) is 24.1 Å². The van der Waals surface area contributed by atoms with Gasteiger partial charge in [-0.1, -0.05) is 17.7 Å². The van der Waals surface area contributed by atoms with Gasteiger partial charge in [0.05, 0.1) is 5.52 Å². The maximum atomic E-state index is 10.5. The number of hydrogen-bond donors (Lipinski definition) is 1. The Morgan fingerprint density at radius 2 is 2.31 bits per heavy atom. The van der Waals surface area contributed by atoms with Crippen molar-refractivity contribution in [2.45, 2.75) is 12.8 Å². The molecule has 0 radical (unpaired) electrons. The van der Waals surface area contributed by atoms with Crippen LogP contribution in [-0.2, 0) is 18.3 Å². The molecule has 5 heteroatoms. The molecule has 84 valence electrons. The summed E-state index contributed by atoms with van der Waals surface area (Å²) in [5.41, 5.74) is 1.76. The third-order valence-corrected chi connectivity index (χ3v) is 2.90. The van der Waals surface area contributed by atoms with Gasteiger partial charge in [0.2, 0.25) is 0 Å². The lowest BCUT2D eigenvalue weighted by molar-refractivity contribution is -0.136. The first-order valence-electron chi connectivity index (χ1n) is 4.91. The van der Waals surface area contributed by atoms with Crippen molar-refractivity contribution in [2.24, 2.45) is 7.05 Å². The number of nitrogens with zero attached hydrogens (tertiary/aromatic N) is 2. The van der Waals surface area contributed by atoms with E-state index in [0.717, 1.165) is 16.5 Å². The number of aromatic nitrogens is 2. The van der Waals surface area contributed by atoms with Gasteiger partial charge in [-0.2, -0.15) is 5.10 Å². The number of carboxylic acids is 1. The number of carboxylic acid groups (broad SMARTS) is 1. The molecule has 0 amide bonds. The van der Waals surface area contributed by atoms with Crippen LogP contribution in [0.3, 0.4) is 0 Å². The van der Waals surface area contributed by atoms with Crippen LogP contribution in [0.25, 0.3) is 10.9 Å². The highest BCUT2D eigenvalue weighted by Crippen LogP contribution is 2.23. The normalized spacial score (nSPS) is 10.9. The lowest BCUT2D eigenvalue weighted by Crippen LogP contribution is -1.97. The Morgan fingerprint density at radius 3 is 3.00 bits per heavy atom. The van der Waals surface area contributed by atoms with E-state index in [1.165, 1.54) is 0 Å².